The molecule has 0 saturated carbocycles. The van der Waals surface area contributed by atoms with Crippen molar-refractivity contribution in [1.82, 2.24) is 10.6 Å². The highest BCUT2D eigenvalue weighted by Gasteiger charge is 2.29. The lowest BCUT2D eigenvalue weighted by molar-refractivity contribution is -0.142. The van der Waals surface area contributed by atoms with Gasteiger partial charge in [0.2, 0.25) is 5.91 Å². The van der Waals surface area contributed by atoms with E-state index in [0.29, 0.717) is 0 Å². The second-order valence-corrected chi connectivity index (χ2v) is 6.21. The second-order valence-electron chi connectivity index (χ2n) is 6.21. The van der Waals surface area contributed by atoms with Gasteiger partial charge in [-0.2, -0.15) is 0 Å². The molecule has 0 aliphatic rings. The van der Waals surface area contributed by atoms with Gasteiger partial charge in [0.15, 0.2) is 0 Å². The molecule has 0 aliphatic carbocycles. The number of alkyl carbamates (subject to hydrolysis) is 1. The Bertz CT molecular complexity index is 748. The first-order valence-corrected chi connectivity index (χ1v) is 9.26. The fourth-order valence-electron chi connectivity index (χ4n) is 2.27. The molecule has 0 radical (unpaired) electrons. The number of rotatable bonds is 11. The summed E-state index contributed by atoms with van der Waals surface area (Å²) in [5.41, 5.74) is 0.727. The maximum absolute atomic E-state index is 12.4. The molecule has 4 N–H and O–H groups in total. The van der Waals surface area contributed by atoms with E-state index in [1.54, 1.807) is 37.3 Å². The molecule has 2 amide bonds. The topological polar surface area (TPSA) is 151 Å². The van der Waals surface area contributed by atoms with Crippen LogP contribution in [0.15, 0.2) is 42.5 Å². The number of carboxylic acids is 1. The summed E-state index contributed by atoms with van der Waals surface area (Å²) in [5.74, 6) is -2.91. The Kier molecular flexibility index (Phi) is 10.6. The number of ether oxygens (including phenoxy) is 2. The van der Waals surface area contributed by atoms with Crippen LogP contribution >= 0.6 is 0 Å². The van der Waals surface area contributed by atoms with Crippen LogP contribution in [-0.4, -0.2) is 58.9 Å². The van der Waals surface area contributed by atoms with E-state index in [0.717, 1.165) is 11.6 Å². The number of aliphatic carboxylic acids is 1. The van der Waals surface area contributed by atoms with Crippen molar-refractivity contribution in [2.24, 2.45) is 0 Å². The minimum absolute atomic E-state index is 0.0444. The van der Waals surface area contributed by atoms with Gasteiger partial charge in [0.1, 0.15) is 18.7 Å². The fraction of sp³-hybridized carbons (Fsp3) is 0.400. The standard InChI is InChI=1S/C20H26N2O8/c1-3-29-16(24)11-7-10-15(19(26)27)21-18(25)17(13(2)23)22-20(28)30-12-14-8-5-4-6-9-14/h4-9,11,13,15,17,23H,3,10,12H2,1-2H3,(H,21,25)(H,22,28)(H,26,27)/b11-7+/t13-,15-,17+/m1/s1. The van der Waals surface area contributed by atoms with E-state index in [9.17, 15) is 29.4 Å². The molecule has 10 nitrogen and oxygen atoms in total. The number of carboxylic acid groups (broad SMARTS) is 1. The summed E-state index contributed by atoms with van der Waals surface area (Å²) in [4.78, 5) is 47.0. The van der Waals surface area contributed by atoms with Crippen molar-refractivity contribution in [2.45, 2.75) is 45.1 Å². The van der Waals surface area contributed by atoms with Gasteiger partial charge in [0.05, 0.1) is 12.7 Å². The van der Waals surface area contributed by atoms with Gasteiger partial charge in [-0.1, -0.05) is 36.4 Å². The lowest BCUT2D eigenvalue weighted by atomic mass is 10.1. The van der Waals surface area contributed by atoms with E-state index in [-0.39, 0.29) is 19.6 Å². The van der Waals surface area contributed by atoms with Crippen molar-refractivity contribution in [3.05, 3.63) is 48.0 Å². The van der Waals surface area contributed by atoms with Crippen molar-refractivity contribution in [1.29, 1.82) is 0 Å². The number of benzene rings is 1. The molecule has 1 aromatic carbocycles. The highest BCUT2D eigenvalue weighted by Crippen LogP contribution is 2.03. The Morgan fingerprint density at radius 3 is 2.33 bits per heavy atom. The van der Waals surface area contributed by atoms with Gasteiger partial charge in [-0.3, -0.25) is 4.79 Å². The summed E-state index contributed by atoms with van der Waals surface area (Å²) in [6.07, 6.45) is -0.176. The van der Waals surface area contributed by atoms with Crippen LogP contribution in [0.5, 0.6) is 0 Å². The molecule has 0 fully saturated rings. The van der Waals surface area contributed by atoms with Crippen molar-refractivity contribution >= 4 is 23.9 Å². The Hall–Kier alpha value is -3.40. The molecule has 1 rings (SSSR count). The second kappa shape index (κ2) is 12.9. The van der Waals surface area contributed by atoms with Crippen molar-refractivity contribution in [3.63, 3.8) is 0 Å². The molecule has 0 unspecified atom stereocenters. The molecule has 3 atom stereocenters. The van der Waals surface area contributed by atoms with Crippen molar-refractivity contribution in [2.75, 3.05) is 6.61 Å². The largest absolute Gasteiger partial charge is 0.480 e. The smallest absolute Gasteiger partial charge is 0.408 e. The first-order chi connectivity index (χ1) is 14.2. The average Bonchev–Trinajstić information content (AvgIpc) is 2.70. The molecule has 0 heterocycles. The predicted octanol–water partition coefficient (Wildman–Crippen LogP) is 0.741. The summed E-state index contributed by atoms with van der Waals surface area (Å²) >= 11 is 0. The van der Waals surface area contributed by atoms with Gasteiger partial charge in [-0.15, -0.1) is 0 Å². The van der Waals surface area contributed by atoms with E-state index in [4.69, 9.17) is 4.74 Å². The van der Waals surface area contributed by atoms with E-state index in [1.165, 1.54) is 13.0 Å². The van der Waals surface area contributed by atoms with Crippen molar-refractivity contribution in [3.8, 4) is 0 Å². The predicted molar refractivity (Wildman–Crippen MR) is 105 cm³/mol. The Morgan fingerprint density at radius 1 is 1.10 bits per heavy atom. The van der Waals surface area contributed by atoms with Gasteiger partial charge in [-0.05, 0) is 25.8 Å². The van der Waals surface area contributed by atoms with Crippen molar-refractivity contribution < 1.29 is 38.9 Å². The van der Waals surface area contributed by atoms with E-state index in [1.807, 2.05) is 0 Å². The highest BCUT2D eigenvalue weighted by atomic mass is 16.5. The number of hydrogen-bond donors (Lipinski definition) is 4. The maximum atomic E-state index is 12.4. The Morgan fingerprint density at radius 2 is 1.77 bits per heavy atom. The Balaban J connectivity index is 2.65. The number of nitrogens with one attached hydrogen (secondary N) is 2. The number of carbonyl (C=O) groups is 4. The molecule has 0 spiro atoms. The molecule has 0 aliphatic heterocycles. The third-order valence-corrected chi connectivity index (χ3v) is 3.78. The molecule has 30 heavy (non-hydrogen) atoms. The van der Waals surface area contributed by atoms with Crippen LogP contribution in [0.3, 0.4) is 0 Å². The number of aliphatic hydroxyl groups is 1. The normalized spacial score (nSPS) is 13.7. The fourth-order valence-corrected chi connectivity index (χ4v) is 2.27. The molecular weight excluding hydrogens is 396 g/mol. The lowest BCUT2D eigenvalue weighted by Gasteiger charge is -2.22. The summed E-state index contributed by atoms with van der Waals surface area (Å²) in [6, 6.07) is 6.01. The first kappa shape index (κ1) is 24.6. The van der Waals surface area contributed by atoms with Gasteiger partial charge in [0, 0.05) is 6.08 Å². The minimum atomic E-state index is -1.44. The minimum Gasteiger partial charge on any atom is -0.480 e. The first-order valence-electron chi connectivity index (χ1n) is 9.26. The number of esters is 1. The molecule has 10 heteroatoms. The number of amides is 2. The SMILES string of the molecule is CCOC(=O)/C=C/C[C@@H](NC(=O)[C@@H](NC(=O)OCc1ccccc1)[C@@H](C)O)C(=O)O. The van der Waals surface area contributed by atoms with Crippen LogP contribution in [0.4, 0.5) is 4.79 Å². The zero-order chi connectivity index (χ0) is 22.5. The van der Waals surface area contributed by atoms with Gasteiger partial charge in [-0.25, -0.2) is 14.4 Å². The average molecular weight is 422 g/mol. The zero-order valence-electron chi connectivity index (χ0n) is 16.7. The molecule has 1 aromatic rings. The molecule has 0 saturated heterocycles. The maximum Gasteiger partial charge on any atom is 0.408 e. The van der Waals surface area contributed by atoms with Gasteiger partial charge in [0.25, 0.3) is 0 Å². The van der Waals surface area contributed by atoms with Crippen LogP contribution < -0.4 is 10.6 Å². The lowest BCUT2D eigenvalue weighted by Crippen LogP contribution is -2.55. The molecule has 164 valence electrons. The molecule has 0 bridgehead atoms. The third kappa shape index (κ3) is 9.20. The highest BCUT2D eigenvalue weighted by molar-refractivity contribution is 5.90. The third-order valence-electron chi connectivity index (χ3n) is 3.78. The number of aliphatic hydroxyl groups excluding tert-OH is 1. The van der Waals surface area contributed by atoms with Crippen LogP contribution in [0.2, 0.25) is 0 Å². The number of hydrogen-bond acceptors (Lipinski definition) is 7. The van der Waals surface area contributed by atoms with Crippen LogP contribution in [-0.2, 0) is 30.5 Å². The van der Waals surface area contributed by atoms with Gasteiger partial charge >= 0.3 is 18.0 Å². The van der Waals surface area contributed by atoms with Crippen LogP contribution in [0.25, 0.3) is 0 Å². The summed E-state index contributed by atoms with van der Waals surface area (Å²) in [6.45, 7) is 3.01. The summed E-state index contributed by atoms with van der Waals surface area (Å²) < 4.78 is 9.68. The quantitative estimate of drug-likeness (QED) is 0.301. The van der Waals surface area contributed by atoms with Gasteiger partial charge < -0.3 is 30.3 Å². The Labute approximate surface area is 173 Å². The van der Waals surface area contributed by atoms with E-state index < -0.39 is 42.1 Å². The summed E-state index contributed by atoms with van der Waals surface area (Å²) in [7, 11) is 0. The number of carbonyl (C=O) groups excluding carboxylic acids is 3. The van der Waals surface area contributed by atoms with E-state index in [2.05, 4.69) is 15.4 Å². The molecular formula is C20H26N2O8. The van der Waals surface area contributed by atoms with Crippen LogP contribution in [0, 0.1) is 0 Å². The molecule has 0 aromatic heterocycles. The van der Waals surface area contributed by atoms with E-state index >= 15 is 0 Å². The van der Waals surface area contributed by atoms with Crippen LogP contribution in [0.1, 0.15) is 25.8 Å². The summed E-state index contributed by atoms with van der Waals surface area (Å²) in [5, 5.41) is 23.5. The zero-order valence-corrected chi connectivity index (χ0v) is 16.7. The monoisotopic (exact) mass is 422 g/mol.